The molecule has 2 aromatic rings. The van der Waals surface area contributed by atoms with Crippen molar-refractivity contribution in [3.8, 4) is 17.2 Å². The SMILES string of the molecule is COc1ccc(CC[C@H]2CCCC[C@H]2n2ccc(O)c2)cc1OC.Cl. The summed E-state index contributed by atoms with van der Waals surface area (Å²) in [7, 11) is 3.34. The molecule has 1 heterocycles. The molecule has 25 heavy (non-hydrogen) atoms. The van der Waals surface area contributed by atoms with Crippen LogP contribution in [0.1, 0.15) is 43.7 Å². The molecule has 1 aromatic carbocycles. The van der Waals surface area contributed by atoms with E-state index in [-0.39, 0.29) is 12.4 Å². The predicted molar refractivity (Wildman–Crippen MR) is 102 cm³/mol. The number of methoxy groups -OCH3 is 2. The summed E-state index contributed by atoms with van der Waals surface area (Å²) in [6, 6.07) is 8.47. The smallest absolute Gasteiger partial charge is 0.160 e. The van der Waals surface area contributed by atoms with Gasteiger partial charge < -0.3 is 19.1 Å². The van der Waals surface area contributed by atoms with Crippen LogP contribution in [0.25, 0.3) is 0 Å². The van der Waals surface area contributed by atoms with Crippen LogP contribution in [0.5, 0.6) is 17.2 Å². The number of hydrogen-bond donors (Lipinski definition) is 1. The van der Waals surface area contributed by atoms with Crippen molar-refractivity contribution in [3.05, 3.63) is 42.2 Å². The van der Waals surface area contributed by atoms with E-state index in [1.54, 1.807) is 20.3 Å². The van der Waals surface area contributed by atoms with Crippen molar-refractivity contribution >= 4 is 12.4 Å². The number of nitrogens with zero attached hydrogens (tertiary/aromatic N) is 1. The first-order valence-electron chi connectivity index (χ1n) is 8.78. The molecule has 138 valence electrons. The number of aromatic hydroxyl groups is 1. The molecule has 1 fully saturated rings. The number of aromatic nitrogens is 1. The molecule has 1 saturated carbocycles. The molecule has 2 atom stereocenters. The van der Waals surface area contributed by atoms with Crippen molar-refractivity contribution in [3.63, 3.8) is 0 Å². The maximum Gasteiger partial charge on any atom is 0.160 e. The van der Waals surface area contributed by atoms with Gasteiger partial charge in [-0.15, -0.1) is 12.4 Å². The number of halogens is 1. The molecule has 0 saturated heterocycles. The molecule has 1 aliphatic carbocycles. The van der Waals surface area contributed by atoms with Crippen LogP contribution in [0.3, 0.4) is 0 Å². The minimum Gasteiger partial charge on any atom is -0.506 e. The first kappa shape index (κ1) is 19.5. The van der Waals surface area contributed by atoms with Crippen LogP contribution in [0.4, 0.5) is 0 Å². The summed E-state index contributed by atoms with van der Waals surface area (Å²) < 4.78 is 12.9. The summed E-state index contributed by atoms with van der Waals surface area (Å²) in [5.41, 5.74) is 1.28. The molecule has 1 N–H and O–H groups in total. The molecule has 0 amide bonds. The zero-order valence-electron chi connectivity index (χ0n) is 15.0. The topological polar surface area (TPSA) is 43.6 Å². The minimum atomic E-state index is 0. The second-order valence-corrected chi connectivity index (χ2v) is 6.66. The lowest BCUT2D eigenvalue weighted by atomic mass is 9.81. The molecule has 4 nitrogen and oxygen atoms in total. The highest BCUT2D eigenvalue weighted by Gasteiger charge is 2.26. The van der Waals surface area contributed by atoms with Crippen molar-refractivity contribution in [2.45, 2.75) is 44.6 Å². The van der Waals surface area contributed by atoms with Crippen molar-refractivity contribution < 1.29 is 14.6 Å². The Morgan fingerprint density at radius 2 is 1.84 bits per heavy atom. The number of hydrogen-bond acceptors (Lipinski definition) is 3. The van der Waals surface area contributed by atoms with Crippen LogP contribution < -0.4 is 9.47 Å². The van der Waals surface area contributed by atoms with Gasteiger partial charge in [0.25, 0.3) is 0 Å². The highest BCUT2D eigenvalue weighted by atomic mass is 35.5. The Morgan fingerprint density at radius 1 is 1.08 bits per heavy atom. The quantitative estimate of drug-likeness (QED) is 0.783. The molecule has 0 unspecified atom stereocenters. The van der Waals surface area contributed by atoms with Gasteiger partial charge in [0.05, 0.1) is 14.2 Å². The van der Waals surface area contributed by atoms with Crippen LogP contribution in [0, 0.1) is 5.92 Å². The maximum atomic E-state index is 9.64. The second-order valence-electron chi connectivity index (χ2n) is 6.66. The van der Waals surface area contributed by atoms with Gasteiger partial charge in [-0.2, -0.15) is 0 Å². The summed E-state index contributed by atoms with van der Waals surface area (Å²) in [5.74, 6) is 2.59. The van der Waals surface area contributed by atoms with E-state index in [9.17, 15) is 5.11 Å². The van der Waals surface area contributed by atoms with E-state index in [1.165, 1.54) is 31.2 Å². The normalized spacial score (nSPS) is 19.9. The summed E-state index contributed by atoms with van der Waals surface area (Å²) >= 11 is 0. The first-order chi connectivity index (χ1) is 11.7. The fourth-order valence-electron chi connectivity index (χ4n) is 3.91. The molecule has 0 bridgehead atoms. The third-order valence-electron chi connectivity index (χ3n) is 5.20. The summed E-state index contributed by atoms with van der Waals surface area (Å²) in [6.45, 7) is 0. The van der Waals surface area contributed by atoms with Crippen molar-refractivity contribution in [2.24, 2.45) is 5.92 Å². The standard InChI is InChI=1S/C20H27NO3.ClH/c1-23-19-10-8-15(13-20(19)24-2)7-9-16-5-3-4-6-18(16)21-12-11-17(22)14-21;/h8,10-14,16,18,22H,3-7,9H2,1-2H3;1H/t16-,18-;/m1./s1. The molecular weight excluding hydrogens is 338 g/mol. The third-order valence-corrected chi connectivity index (χ3v) is 5.20. The van der Waals surface area contributed by atoms with Gasteiger partial charge in [0.1, 0.15) is 5.75 Å². The lowest BCUT2D eigenvalue weighted by Crippen LogP contribution is -2.23. The van der Waals surface area contributed by atoms with E-state index >= 15 is 0 Å². The number of benzene rings is 1. The lowest BCUT2D eigenvalue weighted by molar-refractivity contribution is 0.226. The Morgan fingerprint density at radius 3 is 2.52 bits per heavy atom. The van der Waals surface area contributed by atoms with Gasteiger partial charge in [0.15, 0.2) is 11.5 Å². The monoisotopic (exact) mass is 365 g/mol. The zero-order chi connectivity index (χ0) is 16.9. The van der Waals surface area contributed by atoms with Gasteiger partial charge in [-0.1, -0.05) is 18.9 Å². The third kappa shape index (κ3) is 4.63. The Bertz CT molecular complexity index is 671. The Balaban J connectivity index is 0.00000225. The molecule has 0 radical (unpaired) electrons. The van der Waals surface area contributed by atoms with E-state index in [0.29, 0.717) is 17.7 Å². The van der Waals surface area contributed by atoms with Crippen LogP contribution in [0.2, 0.25) is 0 Å². The van der Waals surface area contributed by atoms with E-state index in [0.717, 1.165) is 24.3 Å². The van der Waals surface area contributed by atoms with Crippen LogP contribution in [-0.2, 0) is 6.42 Å². The lowest BCUT2D eigenvalue weighted by Gasteiger charge is -2.33. The van der Waals surface area contributed by atoms with Gasteiger partial charge in [-0.25, -0.2) is 0 Å². The Labute approximate surface area is 156 Å². The maximum absolute atomic E-state index is 9.64. The Hall–Kier alpha value is -1.81. The molecular formula is C20H28ClNO3. The van der Waals surface area contributed by atoms with Crippen molar-refractivity contribution in [2.75, 3.05) is 14.2 Å². The number of rotatable bonds is 6. The van der Waals surface area contributed by atoms with Crippen molar-refractivity contribution in [1.82, 2.24) is 4.57 Å². The van der Waals surface area contributed by atoms with E-state index in [2.05, 4.69) is 16.7 Å². The highest BCUT2D eigenvalue weighted by Crippen LogP contribution is 2.38. The molecule has 5 heteroatoms. The van der Waals surface area contributed by atoms with E-state index in [4.69, 9.17) is 9.47 Å². The van der Waals surface area contributed by atoms with Gasteiger partial charge in [-0.05, 0) is 55.4 Å². The van der Waals surface area contributed by atoms with Crippen LogP contribution in [-0.4, -0.2) is 23.9 Å². The molecule has 3 rings (SSSR count). The second kappa shape index (κ2) is 9.04. The van der Waals surface area contributed by atoms with Crippen molar-refractivity contribution in [1.29, 1.82) is 0 Å². The molecule has 1 aliphatic rings. The van der Waals surface area contributed by atoms with Crippen LogP contribution >= 0.6 is 12.4 Å². The van der Waals surface area contributed by atoms with Gasteiger partial charge in [0, 0.05) is 18.4 Å². The summed E-state index contributed by atoms with van der Waals surface area (Å²) in [4.78, 5) is 0. The average Bonchev–Trinajstić information content (AvgIpc) is 3.06. The average molecular weight is 366 g/mol. The van der Waals surface area contributed by atoms with Gasteiger partial charge >= 0.3 is 0 Å². The first-order valence-corrected chi connectivity index (χ1v) is 8.78. The Kier molecular flexibility index (Phi) is 7.06. The van der Waals surface area contributed by atoms with Gasteiger partial charge in [-0.3, -0.25) is 0 Å². The summed E-state index contributed by atoms with van der Waals surface area (Å²) in [5, 5.41) is 9.64. The van der Waals surface area contributed by atoms with Gasteiger partial charge in [0.2, 0.25) is 0 Å². The fraction of sp³-hybridized carbons (Fsp3) is 0.500. The van der Waals surface area contributed by atoms with E-state index in [1.807, 2.05) is 18.5 Å². The zero-order valence-corrected chi connectivity index (χ0v) is 15.8. The van der Waals surface area contributed by atoms with Crippen LogP contribution in [0.15, 0.2) is 36.7 Å². The summed E-state index contributed by atoms with van der Waals surface area (Å²) in [6.07, 6.45) is 11.1. The predicted octanol–water partition coefficient (Wildman–Crippen LogP) is 5.00. The number of aryl methyl sites for hydroxylation is 1. The fourth-order valence-corrected chi connectivity index (χ4v) is 3.91. The molecule has 1 aromatic heterocycles. The highest BCUT2D eigenvalue weighted by molar-refractivity contribution is 5.85. The number of ether oxygens (including phenoxy) is 2. The van der Waals surface area contributed by atoms with E-state index < -0.39 is 0 Å². The molecule has 0 spiro atoms. The minimum absolute atomic E-state index is 0. The largest absolute Gasteiger partial charge is 0.506 e. The molecule has 0 aliphatic heterocycles.